The zero-order chi connectivity index (χ0) is 14.5. The number of hydrogen-bond donors (Lipinski definition) is 1. The van der Waals surface area contributed by atoms with Crippen molar-refractivity contribution < 1.29 is 4.74 Å². The molecule has 2 fully saturated rings. The number of aliphatic imine (C=N–C) groups is 1. The van der Waals surface area contributed by atoms with E-state index in [4.69, 9.17) is 10.5 Å². The van der Waals surface area contributed by atoms with Gasteiger partial charge in [-0.15, -0.1) is 0 Å². The van der Waals surface area contributed by atoms with Crippen LogP contribution in [0.3, 0.4) is 0 Å². The summed E-state index contributed by atoms with van der Waals surface area (Å²) in [4.78, 5) is 6.73. The summed E-state index contributed by atoms with van der Waals surface area (Å²) in [7, 11) is 0. The highest BCUT2D eigenvalue weighted by Crippen LogP contribution is 2.27. The molecule has 0 amide bonds. The van der Waals surface area contributed by atoms with Crippen LogP contribution in [-0.2, 0) is 6.54 Å². The number of nitrogens with two attached hydrogens (primary N) is 1. The Morgan fingerprint density at radius 1 is 1.29 bits per heavy atom. The van der Waals surface area contributed by atoms with Crippen LogP contribution in [0.5, 0.6) is 5.75 Å². The lowest BCUT2D eigenvalue weighted by Gasteiger charge is -2.28. The van der Waals surface area contributed by atoms with Crippen LogP contribution >= 0.6 is 11.8 Å². The quantitative estimate of drug-likeness (QED) is 0.686. The molecule has 4 nitrogen and oxygen atoms in total. The Kier molecular flexibility index (Phi) is 4.91. The van der Waals surface area contributed by atoms with Gasteiger partial charge in [0, 0.05) is 30.2 Å². The topological polar surface area (TPSA) is 50.9 Å². The SMILES string of the molecule is NC(=NCc1ccccc1OC1CCC1)N1CCSCC1. The van der Waals surface area contributed by atoms with Gasteiger partial charge in [0.1, 0.15) is 5.75 Å². The first-order chi connectivity index (χ1) is 10.3. The van der Waals surface area contributed by atoms with Gasteiger partial charge in [-0.3, -0.25) is 0 Å². The molecule has 0 radical (unpaired) electrons. The number of hydrogen-bond acceptors (Lipinski definition) is 3. The second kappa shape index (κ2) is 7.07. The van der Waals surface area contributed by atoms with Crippen LogP contribution in [0.4, 0.5) is 0 Å². The number of para-hydroxylation sites is 1. The zero-order valence-corrected chi connectivity index (χ0v) is 13.1. The summed E-state index contributed by atoms with van der Waals surface area (Å²) in [6.07, 6.45) is 4.02. The fourth-order valence-electron chi connectivity index (χ4n) is 2.48. The minimum atomic E-state index is 0.395. The van der Waals surface area contributed by atoms with Gasteiger partial charge < -0.3 is 15.4 Å². The van der Waals surface area contributed by atoms with Crippen LogP contribution in [0.2, 0.25) is 0 Å². The van der Waals surface area contributed by atoms with Crippen molar-refractivity contribution >= 4 is 17.7 Å². The third-order valence-corrected chi connectivity index (χ3v) is 5.01. The summed E-state index contributed by atoms with van der Waals surface area (Å²) in [5, 5.41) is 0. The minimum absolute atomic E-state index is 0.395. The number of nitrogens with zero attached hydrogens (tertiary/aromatic N) is 2. The lowest BCUT2D eigenvalue weighted by Crippen LogP contribution is -2.42. The van der Waals surface area contributed by atoms with E-state index in [1.165, 1.54) is 19.3 Å². The van der Waals surface area contributed by atoms with E-state index in [-0.39, 0.29) is 0 Å². The van der Waals surface area contributed by atoms with Crippen molar-refractivity contribution in [2.45, 2.75) is 31.9 Å². The molecule has 0 aromatic heterocycles. The lowest BCUT2D eigenvalue weighted by atomic mass is 9.96. The highest BCUT2D eigenvalue weighted by atomic mass is 32.2. The first-order valence-corrected chi connectivity index (χ1v) is 8.85. The third-order valence-electron chi connectivity index (χ3n) is 4.06. The largest absolute Gasteiger partial charge is 0.490 e. The molecule has 1 aromatic rings. The number of benzene rings is 1. The molecule has 1 saturated heterocycles. The van der Waals surface area contributed by atoms with Crippen LogP contribution in [0.15, 0.2) is 29.3 Å². The molecule has 2 N–H and O–H groups in total. The summed E-state index contributed by atoms with van der Waals surface area (Å²) >= 11 is 1.98. The van der Waals surface area contributed by atoms with Gasteiger partial charge in [-0.05, 0) is 25.3 Å². The number of rotatable bonds is 4. The van der Waals surface area contributed by atoms with Crippen LogP contribution in [0.1, 0.15) is 24.8 Å². The summed E-state index contributed by atoms with van der Waals surface area (Å²) in [6.45, 7) is 2.60. The van der Waals surface area contributed by atoms with E-state index in [1.54, 1.807) is 0 Å². The second-order valence-electron chi connectivity index (χ2n) is 5.55. The van der Waals surface area contributed by atoms with Crippen LogP contribution in [-0.4, -0.2) is 41.6 Å². The fourth-order valence-corrected chi connectivity index (χ4v) is 3.38. The van der Waals surface area contributed by atoms with E-state index in [9.17, 15) is 0 Å². The zero-order valence-electron chi connectivity index (χ0n) is 12.3. The van der Waals surface area contributed by atoms with Crippen LogP contribution < -0.4 is 10.5 Å². The van der Waals surface area contributed by atoms with Gasteiger partial charge in [-0.1, -0.05) is 18.2 Å². The van der Waals surface area contributed by atoms with Gasteiger partial charge >= 0.3 is 0 Å². The lowest BCUT2D eigenvalue weighted by molar-refractivity contribution is 0.119. The van der Waals surface area contributed by atoms with Crippen molar-refractivity contribution in [1.82, 2.24) is 4.90 Å². The molecular weight excluding hydrogens is 282 g/mol. The molecule has 0 atom stereocenters. The second-order valence-corrected chi connectivity index (χ2v) is 6.78. The molecule has 0 unspecified atom stereocenters. The normalized spacial score (nSPS) is 20.2. The van der Waals surface area contributed by atoms with E-state index < -0.39 is 0 Å². The molecular formula is C16H23N3OS. The summed E-state index contributed by atoms with van der Waals surface area (Å²) in [5.74, 6) is 3.90. The Hall–Kier alpha value is -1.36. The van der Waals surface area contributed by atoms with Gasteiger partial charge in [0.2, 0.25) is 0 Å². The highest BCUT2D eigenvalue weighted by Gasteiger charge is 2.20. The van der Waals surface area contributed by atoms with Crippen molar-refractivity contribution in [3.05, 3.63) is 29.8 Å². The molecule has 0 bridgehead atoms. The van der Waals surface area contributed by atoms with E-state index in [2.05, 4.69) is 16.0 Å². The van der Waals surface area contributed by atoms with Crippen LogP contribution in [0.25, 0.3) is 0 Å². The van der Waals surface area contributed by atoms with Gasteiger partial charge in [-0.2, -0.15) is 11.8 Å². The van der Waals surface area contributed by atoms with Crippen molar-refractivity contribution in [3.8, 4) is 5.75 Å². The maximum absolute atomic E-state index is 6.11. The first-order valence-electron chi connectivity index (χ1n) is 7.70. The molecule has 1 saturated carbocycles. The van der Waals surface area contributed by atoms with Crippen molar-refractivity contribution in [2.75, 3.05) is 24.6 Å². The predicted octanol–water partition coefficient (Wildman–Crippen LogP) is 2.48. The molecule has 114 valence electrons. The fraction of sp³-hybridized carbons (Fsp3) is 0.562. The van der Waals surface area contributed by atoms with Gasteiger partial charge in [0.05, 0.1) is 12.6 Å². The Morgan fingerprint density at radius 3 is 2.76 bits per heavy atom. The Balaban J connectivity index is 1.63. The van der Waals surface area contributed by atoms with E-state index in [1.807, 2.05) is 30.0 Å². The molecule has 2 aliphatic rings. The summed E-state index contributed by atoms with van der Waals surface area (Å²) < 4.78 is 6.03. The van der Waals surface area contributed by atoms with E-state index >= 15 is 0 Å². The molecule has 3 rings (SSSR count). The highest BCUT2D eigenvalue weighted by molar-refractivity contribution is 7.99. The molecule has 5 heteroatoms. The molecule has 0 spiro atoms. The maximum atomic E-state index is 6.11. The van der Waals surface area contributed by atoms with E-state index in [0.29, 0.717) is 18.6 Å². The Morgan fingerprint density at radius 2 is 2.05 bits per heavy atom. The third kappa shape index (κ3) is 3.84. The number of guanidine groups is 1. The monoisotopic (exact) mass is 305 g/mol. The molecule has 21 heavy (non-hydrogen) atoms. The molecule has 1 aliphatic heterocycles. The predicted molar refractivity (Wildman–Crippen MR) is 88.9 cm³/mol. The molecule has 1 aromatic carbocycles. The van der Waals surface area contributed by atoms with Gasteiger partial charge in [-0.25, -0.2) is 4.99 Å². The smallest absolute Gasteiger partial charge is 0.191 e. The van der Waals surface area contributed by atoms with Crippen molar-refractivity contribution in [2.24, 2.45) is 10.7 Å². The first kappa shape index (κ1) is 14.6. The number of thioether (sulfide) groups is 1. The van der Waals surface area contributed by atoms with Crippen molar-refractivity contribution in [1.29, 1.82) is 0 Å². The number of ether oxygens (including phenoxy) is 1. The standard InChI is InChI=1S/C16H23N3OS/c17-16(19-8-10-21-11-9-19)18-12-13-4-1-2-7-15(13)20-14-5-3-6-14/h1-2,4,7,14H,3,5-6,8-12H2,(H2,17,18). The van der Waals surface area contributed by atoms with Crippen LogP contribution in [0, 0.1) is 0 Å². The summed E-state index contributed by atoms with van der Waals surface area (Å²) in [5.41, 5.74) is 7.23. The van der Waals surface area contributed by atoms with Gasteiger partial charge in [0.15, 0.2) is 5.96 Å². The Labute approximate surface area is 130 Å². The molecule has 1 heterocycles. The summed E-state index contributed by atoms with van der Waals surface area (Å²) in [6, 6.07) is 8.17. The average Bonchev–Trinajstić information content (AvgIpc) is 2.50. The maximum Gasteiger partial charge on any atom is 0.191 e. The van der Waals surface area contributed by atoms with Gasteiger partial charge in [0.25, 0.3) is 0 Å². The van der Waals surface area contributed by atoms with Crippen molar-refractivity contribution in [3.63, 3.8) is 0 Å². The van der Waals surface area contributed by atoms with E-state index in [0.717, 1.165) is 35.9 Å². The minimum Gasteiger partial charge on any atom is -0.490 e. The average molecular weight is 305 g/mol. The Bertz CT molecular complexity index is 496. The molecule has 1 aliphatic carbocycles.